The van der Waals surface area contributed by atoms with Crippen molar-refractivity contribution < 1.29 is 0 Å². The Morgan fingerprint density at radius 3 is 2.42 bits per heavy atom. The molecule has 0 fully saturated rings. The summed E-state index contributed by atoms with van der Waals surface area (Å²) in [6, 6.07) is 13.9. The Morgan fingerprint density at radius 2 is 1.65 bits per heavy atom. The van der Waals surface area contributed by atoms with Crippen LogP contribution in [0.15, 0.2) is 61.1 Å². The van der Waals surface area contributed by atoms with Crippen LogP contribution < -0.4 is 10.2 Å². The zero-order valence-corrected chi connectivity index (χ0v) is 15.5. The molecule has 3 rings (SSSR count). The van der Waals surface area contributed by atoms with Crippen LogP contribution in [0.5, 0.6) is 0 Å². The van der Waals surface area contributed by atoms with E-state index in [0.29, 0.717) is 5.95 Å². The second-order valence-electron chi connectivity index (χ2n) is 6.07. The van der Waals surface area contributed by atoms with Gasteiger partial charge in [-0.3, -0.25) is 4.98 Å². The zero-order valence-electron chi connectivity index (χ0n) is 14.8. The highest BCUT2D eigenvalue weighted by molar-refractivity contribution is 6.30. The van der Waals surface area contributed by atoms with Crippen LogP contribution in [0.4, 0.5) is 11.8 Å². The number of anilines is 2. The summed E-state index contributed by atoms with van der Waals surface area (Å²) in [5.41, 5.74) is 2.50. The summed E-state index contributed by atoms with van der Waals surface area (Å²) in [4.78, 5) is 15.1. The lowest BCUT2D eigenvalue weighted by Crippen LogP contribution is -2.22. The molecule has 0 aliphatic heterocycles. The van der Waals surface area contributed by atoms with Gasteiger partial charge in [0, 0.05) is 43.8 Å². The van der Waals surface area contributed by atoms with E-state index in [1.165, 1.54) is 11.1 Å². The van der Waals surface area contributed by atoms with Gasteiger partial charge in [0.05, 0.1) is 0 Å². The van der Waals surface area contributed by atoms with Crippen molar-refractivity contribution in [3.05, 3.63) is 77.2 Å². The first kappa shape index (κ1) is 18.1. The topological polar surface area (TPSA) is 53.9 Å². The first-order valence-electron chi connectivity index (χ1n) is 8.62. The van der Waals surface area contributed by atoms with E-state index in [0.717, 1.165) is 36.8 Å². The molecule has 1 aromatic carbocycles. The molecule has 2 heterocycles. The summed E-state index contributed by atoms with van der Waals surface area (Å²) in [7, 11) is 2.04. The Kier molecular flexibility index (Phi) is 6.39. The van der Waals surface area contributed by atoms with Crippen molar-refractivity contribution >= 4 is 23.4 Å². The molecule has 3 aromatic rings. The van der Waals surface area contributed by atoms with E-state index in [4.69, 9.17) is 11.6 Å². The Bertz CT molecular complexity index is 808. The molecule has 0 radical (unpaired) electrons. The number of aromatic nitrogens is 3. The van der Waals surface area contributed by atoms with Crippen LogP contribution in [-0.2, 0) is 12.8 Å². The molecule has 5 nitrogen and oxygen atoms in total. The van der Waals surface area contributed by atoms with Gasteiger partial charge < -0.3 is 10.2 Å². The van der Waals surface area contributed by atoms with Crippen LogP contribution in [0, 0.1) is 0 Å². The molecule has 0 spiro atoms. The number of halogens is 1. The average molecular weight is 368 g/mol. The Balaban J connectivity index is 1.51. The second-order valence-corrected chi connectivity index (χ2v) is 6.51. The summed E-state index contributed by atoms with van der Waals surface area (Å²) < 4.78 is 0. The standard InChI is InChI=1S/C20H22ClN5/c1-26(15-10-17-6-11-22-12-7-17)19-9-14-24-20(25-19)23-13-8-16-2-4-18(21)5-3-16/h2-7,9,11-12,14H,8,10,13,15H2,1H3,(H,23,24,25). The number of pyridine rings is 1. The highest BCUT2D eigenvalue weighted by Crippen LogP contribution is 2.13. The maximum absolute atomic E-state index is 5.91. The number of hydrogen-bond donors (Lipinski definition) is 1. The van der Waals surface area contributed by atoms with Crippen LogP contribution in [0.3, 0.4) is 0 Å². The van der Waals surface area contributed by atoms with E-state index in [9.17, 15) is 0 Å². The van der Waals surface area contributed by atoms with Crippen molar-refractivity contribution in [2.24, 2.45) is 0 Å². The Labute approximate surface area is 159 Å². The molecule has 0 aliphatic carbocycles. The summed E-state index contributed by atoms with van der Waals surface area (Å²) in [5.74, 6) is 1.55. The van der Waals surface area contributed by atoms with Gasteiger partial charge in [0.25, 0.3) is 0 Å². The highest BCUT2D eigenvalue weighted by Gasteiger charge is 2.05. The lowest BCUT2D eigenvalue weighted by molar-refractivity contribution is 0.853. The molecule has 0 amide bonds. The summed E-state index contributed by atoms with van der Waals surface area (Å²) >= 11 is 5.91. The third-order valence-electron chi connectivity index (χ3n) is 4.13. The average Bonchev–Trinajstić information content (AvgIpc) is 2.69. The maximum atomic E-state index is 5.91. The van der Waals surface area contributed by atoms with Crippen LogP contribution in [0.25, 0.3) is 0 Å². The summed E-state index contributed by atoms with van der Waals surface area (Å²) in [6.07, 6.45) is 7.27. The highest BCUT2D eigenvalue weighted by atomic mass is 35.5. The smallest absolute Gasteiger partial charge is 0.224 e. The number of nitrogens with one attached hydrogen (secondary N) is 1. The first-order valence-corrected chi connectivity index (χ1v) is 9.00. The minimum atomic E-state index is 0.646. The summed E-state index contributed by atoms with van der Waals surface area (Å²) in [5, 5.41) is 4.04. The maximum Gasteiger partial charge on any atom is 0.224 e. The minimum Gasteiger partial charge on any atom is -0.359 e. The van der Waals surface area contributed by atoms with Crippen molar-refractivity contribution in [2.45, 2.75) is 12.8 Å². The normalized spacial score (nSPS) is 10.5. The monoisotopic (exact) mass is 367 g/mol. The molecule has 1 N–H and O–H groups in total. The van der Waals surface area contributed by atoms with E-state index >= 15 is 0 Å². The Hall–Kier alpha value is -2.66. The zero-order chi connectivity index (χ0) is 18.2. The van der Waals surface area contributed by atoms with Crippen LogP contribution in [0.1, 0.15) is 11.1 Å². The van der Waals surface area contributed by atoms with Crippen molar-refractivity contribution in [3.8, 4) is 0 Å². The third kappa shape index (κ3) is 5.43. The number of rotatable bonds is 8. The van der Waals surface area contributed by atoms with E-state index in [1.54, 1.807) is 6.20 Å². The van der Waals surface area contributed by atoms with Gasteiger partial charge in [-0.05, 0) is 54.3 Å². The van der Waals surface area contributed by atoms with Crippen molar-refractivity contribution in [3.63, 3.8) is 0 Å². The third-order valence-corrected chi connectivity index (χ3v) is 4.38. The van der Waals surface area contributed by atoms with Gasteiger partial charge >= 0.3 is 0 Å². The molecule has 0 saturated heterocycles. The van der Waals surface area contributed by atoms with Gasteiger partial charge in [-0.1, -0.05) is 23.7 Å². The molecule has 0 aliphatic rings. The van der Waals surface area contributed by atoms with Gasteiger partial charge in [0.2, 0.25) is 5.95 Å². The quantitative estimate of drug-likeness (QED) is 0.655. The second kappa shape index (κ2) is 9.15. The molecule has 0 bridgehead atoms. The molecular formula is C20H22ClN5. The van der Waals surface area contributed by atoms with Crippen LogP contribution in [-0.4, -0.2) is 35.1 Å². The number of hydrogen-bond acceptors (Lipinski definition) is 5. The van der Waals surface area contributed by atoms with Crippen molar-refractivity contribution in [1.82, 2.24) is 15.0 Å². The van der Waals surface area contributed by atoms with E-state index in [-0.39, 0.29) is 0 Å². The predicted octanol–water partition coefficient (Wildman–Crippen LogP) is 3.86. The van der Waals surface area contributed by atoms with Crippen LogP contribution >= 0.6 is 11.6 Å². The molecule has 0 unspecified atom stereocenters. The molecule has 134 valence electrons. The molecule has 6 heteroatoms. The fourth-order valence-corrected chi connectivity index (χ4v) is 2.70. The summed E-state index contributed by atoms with van der Waals surface area (Å²) in [6.45, 7) is 1.65. The first-order chi connectivity index (χ1) is 12.7. The predicted molar refractivity (Wildman–Crippen MR) is 107 cm³/mol. The lowest BCUT2D eigenvalue weighted by Gasteiger charge is -2.18. The lowest BCUT2D eigenvalue weighted by atomic mass is 10.1. The number of likely N-dealkylation sites (N-methyl/N-ethyl adjacent to an activating group) is 1. The fraction of sp³-hybridized carbons (Fsp3) is 0.250. The molecular weight excluding hydrogens is 346 g/mol. The van der Waals surface area contributed by atoms with Crippen molar-refractivity contribution in [1.29, 1.82) is 0 Å². The molecule has 26 heavy (non-hydrogen) atoms. The molecule has 0 atom stereocenters. The van der Waals surface area contributed by atoms with Gasteiger partial charge in [-0.15, -0.1) is 0 Å². The Morgan fingerprint density at radius 1 is 0.923 bits per heavy atom. The SMILES string of the molecule is CN(CCc1ccncc1)c1ccnc(NCCc2ccc(Cl)cc2)n1. The van der Waals surface area contributed by atoms with Gasteiger partial charge in [-0.2, -0.15) is 4.98 Å². The minimum absolute atomic E-state index is 0.646. The van der Waals surface area contributed by atoms with E-state index < -0.39 is 0 Å². The van der Waals surface area contributed by atoms with Crippen molar-refractivity contribution in [2.75, 3.05) is 30.4 Å². The van der Waals surface area contributed by atoms with Crippen LogP contribution in [0.2, 0.25) is 5.02 Å². The van der Waals surface area contributed by atoms with E-state index in [2.05, 4.69) is 25.2 Å². The van der Waals surface area contributed by atoms with E-state index in [1.807, 2.05) is 61.9 Å². The fourth-order valence-electron chi connectivity index (χ4n) is 2.58. The van der Waals surface area contributed by atoms with Gasteiger partial charge in [0.15, 0.2) is 0 Å². The molecule has 0 saturated carbocycles. The van der Waals surface area contributed by atoms with Gasteiger partial charge in [-0.25, -0.2) is 4.98 Å². The number of benzene rings is 1. The molecule has 2 aromatic heterocycles. The largest absolute Gasteiger partial charge is 0.359 e. The number of nitrogens with zero attached hydrogens (tertiary/aromatic N) is 4. The van der Waals surface area contributed by atoms with Gasteiger partial charge in [0.1, 0.15) is 5.82 Å².